The predicted octanol–water partition coefficient (Wildman–Crippen LogP) is 2.06. The van der Waals surface area contributed by atoms with Gasteiger partial charge >= 0.3 is 5.97 Å². The van der Waals surface area contributed by atoms with E-state index in [2.05, 4.69) is 0 Å². The number of nitrogens with zero attached hydrogens (tertiary/aromatic N) is 1. The lowest BCUT2D eigenvalue weighted by Gasteiger charge is -2.27. The van der Waals surface area contributed by atoms with Crippen molar-refractivity contribution in [3.8, 4) is 5.75 Å². The zero-order valence-electron chi connectivity index (χ0n) is 12.1. The van der Waals surface area contributed by atoms with Gasteiger partial charge in [0.15, 0.2) is 6.10 Å². The highest BCUT2D eigenvalue weighted by atomic mass is 16.6. The smallest absolute Gasteiger partial charge is 0.306 e. The first-order valence-corrected chi connectivity index (χ1v) is 7.33. The number of hydrogen-bond acceptors (Lipinski definition) is 4. The topological polar surface area (TPSA) is 55.8 Å². The van der Waals surface area contributed by atoms with Crippen molar-refractivity contribution in [3.05, 3.63) is 29.8 Å². The lowest BCUT2D eigenvalue weighted by Crippen LogP contribution is -2.38. The molecule has 0 aliphatic carbocycles. The van der Waals surface area contributed by atoms with Crippen molar-refractivity contribution in [1.82, 2.24) is 4.90 Å². The predicted molar refractivity (Wildman–Crippen MR) is 75.8 cm³/mol. The number of hydrogen-bond donors (Lipinski definition) is 0. The highest BCUT2D eigenvalue weighted by Gasteiger charge is 2.38. The summed E-state index contributed by atoms with van der Waals surface area (Å²) in [6, 6.07) is 7.88. The average Bonchev–Trinajstić information content (AvgIpc) is 3.15. The first-order valence-electron chi connectivity index (χ1n) is 7.33. The van der Waals surface area contributed by atoms with Crippen molar-refractivity contribution in [1.29, 1.82) is 0 Å². The summed E-state index contributed by atoms with van der Waals surface area (Å²) >= 11 is 0. The maximum absolute atomic E-state index is 12.5. The van der Waals surface area contributed by atoms with Gasteiger partial charge < -0.3 is 14.4 Å². The van der Waals surface area contributed by atoms with E-state index in [-0.39, 0.29) is 17.9 Å². The summed E-state index contributed by atoms with van der Waals surface area (Å²) in [4.78, 5) is 25.6. The molecular formula is C16H19NO4. The quantitative estimate of drug-likeness (QED) is 0.799. The van der Waals surface area contributed by atoms with Gasteiger partial charge in [0.1, 0.15) is 5.75 Å². The van der Waals surface area contributed by atoms with Gasteiger partial charge in [0.05, 0.1) is 13.2 Å². The maximum Gasteiger partial charge on any atom is 0.306 e. The molecule has 2 aliphatic rings. The number of likely N-dealkylation sites (tertiary alicyclic amines) is 1. The van der Waals surface area contributed by atoms with Crippen molar-refractivity contribution in [3.63, 3.8) is 0 Å². The second-order valence-corrected chi connectivity index (χ2v) is 5.48. The van der Waals surface area contributed by atoms with Crippen LogP contribution in [0.4, 0.5) is 0 Å². The molecule has 2 aliphatic heterocycles. The number of amides is 1. The summed E-state index contributed by atoms with van der Waals surface area (Å²) in [5, 5.41) is 0. The fourth-order valence-electron chi connectivity index (χ4n) is 3.09. The van der Waals surface area contributed by atoms with E-state index in [0.29, 0.717) is 12.8 Å². The molecule has 1 aromatic carbocycles. The van der Waals surface area contributed by atoms with E-state index in [1.807, 2.05) is 29.2 Å². The Morgan fingerprint density at radius 2 is 2.05 bits per heavy atom. The molecule has 2 saturated heterocycles. The second kappa shape index (κ2) is 5.76. The van der Waals surface area contributed by atoms with Crippen molar-refractivity contribution < 1.29 is 19.1 Å². The Balaban J connectivity index is 1.75. The normalized spacial score (nSPS) is 25.0. The number of cyclic esters (lactones) is 1. The van der Waals surface area contributed by atoms with E-state index in [1.165, 1.54) is 0 Å². The van der Waals surface area contributed by atoms with Crippen molar-refractivity contribution in [2.24, 2.45) is 0 Å². The number of carbonyl (C=O) groups is 2. The van der Waals surface area contributed by atoms with Crippen LogP contribution in [0.25, 0.3) is 0 Å². The standard InChI is InChI=1S/C16H19NO4/c1-20-12-6-4-11(5-7-12)13-3-2-10-17(13)16(19)14-8-9-15(18)21-14/h4-7,13-14H,2-3,8-10H2,1H3/t13-,14+/m0/s1. The summed E-state index contributed by atoms with van der Waals surface area (Å²) in [7, 11) is 1.63. The lowest BCUT2D eigenvalue weighted by atomic mass is 10.0. The molecule has 0 N–H and O–H groups in total. The van der Waals surface area contributed by atoms with E-state index in [4.69, 9.17) is 9.47 Å². The van der Waals surface area contributed by atoms with Gasteiger partial charge in [-0.15, -0.1) is 0 Å². The van der Waals surface area contributed by atoms with Crippen LogP contribution >= 0.6 is 0 Å². The molecule has 0 unspecified atom stereocenters. The van der Waals surface area contributed by atoms with E-state index in [0.717, 1.165) is 30.7 Å². The minimum Gasteiger partial charge on any atom is -0.497 e. The molecular weight excluding hydrogens is 270 g/mol. The summed E-state index contributed by atoms with van der Waals surface area (Å²) in [5.41, 5.74) is 1.10. The van der Waals surface area contributed by atoms with Gasteiger partial charge in [0.2, 0.25) is 0 Å². The second-order valence-electron chi connectivity index (χ2n) is 5.48. The summed E-state index contributed by atoms with van der Waals surface area (Å²) in [6.07, 6.45) is 2.18. The molecule has 0 spiro atoms. The Bertz CT molecular complexity index is 540. The molecule has 2 atom stereocenters. The number of methoxy groups -OCH3 is 1. The van der Waals surface area contributed by atoms with Crippen LogP contribution in [0.2, 0.25) is 0 Å². The molecule has 2 fully saturated rings. The number of rotatable bonds is 3. The van der Waals surface area contributed by atoms with E-state index in [9.17, 15) is 9.59 Å². The third-order valence-corrected chi connectivity index (χ3v) is 4.20. The SMILES string of the molecule is COc1ccc([C@@H]2CCCN2C(=O)[C@H]2CCC(=O)O2)cc1. The number of esters is 1. The Hall–Kier alpha value is -2.04. The molecule has 1 amide bonds. The van der Waals surface area contributed by atoms with E-state index >= 15 is 0 Å². The number of benzene rings is 1. The Kier molecular flexibility index (Phi) is 3.82. The van der Waals surface area contributed by atoms with Gasteiger partial charge in [-0.1, -0.05) is 12.1 Å². The number of ether oxygens (including phenoxy) is 2. The minimum atomic E-state index is -0.587. The maximum atomic E-state index is 12.5. The Labute approximate surface area is 123 Å². The van der Waals surface area contributed by atoms with Gasteiger partial charge in [-0.2, -0.15) is 0 Å². The Morgan fingerprint density at radius 1 is 1.29 bits per heavy atom. The van der Waals surface area contributed by atoms with Gasteiger partial charge in [0.25, 0.3) is 5.91 Å². The monoisotopic (exact) mass is 289 g/mol. The van der Waals surface area contributed by atoms with Crippen molar-refractivity contribution >= 4 is 11.9 Å². The van der Waals surface area contributed by atoms with E-state index in [1.54, 1.807) is 7.11 Å². The molecule has 5 heteroatoms. The molecule has 3 rings (SSSR count). The first kappa shape index (κ1) is 13.9. The van der Waals surface area contributed by atoms with Crippen molar-refractivity contribution in [2.45, 2.75) is 37.8 Å². The fraction of sp³-hybridized carbons (Fsp3) is 0.500. The average molecular weight is 289 g/mol. The third kappa shape index (κ3) is 2.73. The Morgan fingerprint density at radius 3 is 2.67 bits per heavy atom. The molecule has 0 radical (unpaired) electrons. The zero-order chi connectivity index (χ0) is 14.8. The van der Waals surface area contributed by atoms with Crippen LogP contribution in [-0.4, -0.2) is 36.5 Å². The molecule has 1 aromatic rings. The van der Waals surface area contributed by atoms with Crippen molar-refractivity contribution in [2.75, 3.05) is 13.7 Å². The van der Waals surface area contributed by atoms with Crippen LogP contribution in [0.1, 0.15) is 37.3 Å². The summed E-state index contributed by atoms with van der Waals surface area (Å²) < 4.78 is 10.3. The van der Waals surface area contributed by atoms with Crippen LogP contribution in [0.5, 0.6) is 5.75 Å². The van der Waals surface area contributed by atoms with Crippen LogP contribution < -0.4 is 4.74 Å². The molecule has 0 bridgehead atoms. The largest absolute Gasteiger partial charge is 0.497 e. The molecule has 2 heterocycles. The molecule has 5 nitrogen and oxygen atoms in total. The molecule has 0 saturated carbocycles. The summed E-state index contributed by atoms with van der Waals surface area (Å²) in [5.74, 6) is 0.479. The zero-order valence-corrected chi connectivity index (χ0v) is 12.1. The van der Waals surface area contributed by atoms with Crippen LogP contribution in [0, 0.1) is 0 Å². The highest BCUT2D eigenvalue weighted by Crippen LogP contribution is 2.34. The first-order chi connectivity index (χ1) is 10.2. The van der Waals surface area contributed by atoms with Gasteiger partial charge in [-0.3, -0.25) is 9.59 Å². The lowest BCUT2D eigenvalue weighted by molar-refractivity contribution is -0.153. The van der Waals surface area contributed by atoms with Crippen LogP contribution in [0.3, 0.4) is 0 Å². The third-order valence-electron chi connectivity index (χ3n) is 4.20. The molecule has 21 heavy (non-hydrogen) atoms. The molecule has 0 aromatic heterocycles. The molecule has 112 valence electrons. The van der Waals surface area contributed by atoms with Gasteiger partial charge in [-0.05, 0) is 30.5 Å². The van der Waals surface area contributed by atoms with Crippen LogP contribution in [-0.2, 0) is 14.3 Å². The highest BCUT2D eigenvalue weighted by molar-refractivity contribution is 5.87. The number of carbonyl (C=O) groups excluding carboxylic acids is 2. The summed E-state index contributed by atoms with van der Waals surface area (Å²) in [6.45, 7) is 0.726. The van der Waals surface area contributed by atoms with Crippen LogP contribution in [0.15, 0.2) is 24.3 Å². The van der Waals surface area contributed by atoms with Gasteiger partial charge in [0, 0.05) is 19.4 Å². The van der Waals surface area contributed by atoms with Gasteiger partial charge in [-0.25, -0.2) is 0 Å². The van der Waals surface area contributed by atoms with E-state index < -0.39 is 6.10 Å². The fourth-order valence-corrected chi connectivity index (χ4v) is 3.09. The minimum absolute atomic E-state index is 0.0563.